The first kappa shape index (κ1) is 21.2. The summed E-state index contributed by atoms with van der Waals surface area (Å²) >= 11 is 11.3. The Morgan fingerprint density at radius 3 is 2.63 bits per heavy atom. The summed E-state index contributed by atoms with van der Waals surface area (Å²) < 4.78 is 0. The van der Waals surface area contributed by atoms with Gasteiger partial charge in [0.05, 0.1) is 21.3 Å². The number of hydrogen-bond donors (Lipinski definition) is 1. The molecule has 1 aromatic carbocycles. The van der Waals surface area contributed by atoms with Crippen LogP contribution in [-0.4, -0.2) is 15.0 Å². The molecule has 30 heavy (non-hydrogen) atoms. The molecule has 0 radical (unpaired) electrons. The summed E-state index contributed by atoms with van der Waals surface area (Å²) in [6.07, 6.45) is 3.72. The molecule has 3 aromatic heterocycles. The summed E-state index contributed by atoms with van der Waals surface area (Å²) in [5.74, 6) is 0.768. The molecule has 4 nitrogen and oxygen atoms in total. The van der Waals surface area contributed by atoms with E-state index in [4.69, 9.17) is 16.6 Å². The van der Waals surface area contributed by atoms with E-state index >= 15 is 0 Å². The van der Waals surface area contributed by atoms with Crippen LogP contribution >= 0.6 is 46.5 Å². The van der Waals surface area contributed by atoms with Gasteiger partial charge < -0.3 is 5.32 Å². The van der Waals surface area contributed by atoms with E-state index in [0.717, 1.165) is 42.0 Å². The number of hydrogen-bond acceptors (Lipinski definition) is 7. The third-order valence-corrected chi connectivity index (χ3v) is 7.66. The van der Waals surface area contributed by atoms with Crippen LogP contribution in [-0.2, 0) is 0 Å². The molecular formula is C22H19ClN4S3. The predicted octanol–water partition coefficient (Wildman–Crippen LogP) is 7.64. The lowest BCUT2D eigenvalue weighted by molar-refractivity contribution is 1.00. The van der Waals surface area contributed by atoms with Gasteiger partial charge in [-0.25, -0.2) is 9.97 Å². The molecule has 0 bridgehead atoms. The van der Waals surface area contributed by atoms with Crippen molar-refractivity contribution in [3.05, 3.63) is 82.7 Å². The van der Waals surface area contributed by atoms with Crippen molar-refractivity contribution in [1.82, 2.24) is 15.0 Å². The quantitative estimate of drug-likeness (QED) is 0.280. The summed E-state index contributed by atoms with van der Waals surface area (Å²) in [5, 5.41) is 7.13. The van der Waals surface area contributed by atoms with Gasteiger partial charge in [0.15, 0.2) is 5.13 Å². The smallest absolute Gasteiger partial charge is 0.188 e. The minimum atomic E-state index is 0.214. The Kier molecular flexibility index (Phi) is 6.94. The second-order valence-electron chi connectivity index (χ2n) is 6.48. The van der Waals surface area contributed by atoms with Crippen molar-refractivity contribution >= 4 is 57.4 Å². The van der Waals surface area contributed by atoms with E-state index < -0.39 is 0 Å². The van der Waals surface area contributed by atoms with E-state index in [1.807, 2.05) is 67.2 Å². The fourth-order valence-electron chi connectivity index (χ4n) is 2.70. The minimum absolute atomic E-state index is 0.214. The number of nitrogens with one attached hydrogen (secondary N) is 1. The van der Waals surface area contributed by atoms with E-state index in [0.29, 0.717) is 0 Å². The lowest BCUT2D eigenvalue weighted by atomic mass is 10.3. The van der Waals surface area contributed by atoms with Gasteiger partial charge in [-0.15, -0.1) is 23.1 Å². The largest absolute Gasteiger partial charge is 0.315 e. The highest BCUT2D eigenvalue weighted by atomic mass is 35.5. The Labute approximate surface area is 193 Å². The second-order valence-corrected chi connectivity index (χ2v) is 10.2. The molecule has 152 valence electrons. The molecule has 0 aliphatic heterocycles. The fourth-order valence-corrected chi connectivity index (χ4v) is 5.62. The molecule has 0 spiro atoms. The minimum Gasteiger partial charge on any atom is -0.315 e. The zero-order valence-corrected chi connectivity index (χ0v) is 19.6. The average Bonchev–Trinajstić information content (AvgIpc) is 3.17. The molecule has 0 aliphatic carbocycles. The van der Waals surface area contributed by atoms with E-state index in [9.17, 15) is 0 Å². The average molecular weight is 471 g/mol. The maximum absolute atomic E-state index is 6.41. The summed E-state index contributed by atoms with van der Waals surface area (Å²) in [4.78, 5) is 16.7. The molecular weight excluding hydrogens is 452 g/mol. The number of thiazole rings is 1. The van der Waals surface area contributed by atoms with Gasteiger partial charge >= 0.3 is 0 Å². The molecule has 0 saturated heterocycles. The van der Waals surface area contributed by atoms with Gasteiger partial charge in [0, 0.05) is 32.8 Å². The van der Waals surface area contributed by atoms with Gasteiger partial charge in [0.25, 0.3) is 0 Å². The van der Waals surface area contributed by atoms with Crippen LogP contribution in [0, 0.1) is 6.92 Å². The summed E-state index contributed by atoms with van der Waals surface area (Å²) in [7, 11) is 0. The Morgan fingerprint density at radius 1 is 1.07 bits per heavy atom. The lowest BCUT2D eigenvalue weighted by Gasteiger charge is -2.14. The van der Waals surface area contributed by atoms with Crippen molar-refractivity contribution in [3.8, 4) is 0 Å². The molecule has 0 fully saturated rings. The molecule has 1 unspecified atom stereocenters. The monoisotopic (exact) mass is 470 g/mol. The van der Waals surface area contributed by atoms with Crippen molar-refractivity contribution in [1.29, 1.82) is 0 Å². The van der Waals surface area contributed by atoms with Crippen LogP contribution < -0.4 is 5.32 Å². The van der Waals surface area contributed by atoms with E-state index in [1.165, 1.54) is 0 Å². The Morgan fingerprint density at radius 2 is 1.90 bits per heavy atom. The van der Waals surface area contributed by atoms with Crippen LogP contribution in [0.3, 0.4) is 0 Å². The van der Waals surface area contributed by atoms with E-state index in [2.05, 4.69) is 28.3 Å². The Balaban J connectivity index is 1.63. The first-order chi connectivity index (χ1) is 14.6. The number of aromatic nitrogens is 3. The van der Waals surface area contributed by atoms with Gasteiger partial charge in [-0.05, 0) is 44.2 Å². The van der Waals surface area contributed by atoms with Crippen LogP contribution in [0.15, 0.2) is 81.0 Å². The molecule has 0 saturated carbocycles. The summed E-state index contributed by atoms with van der Waals surface area (Å²) in [6.45, 7) is 4.13. The first-order valence-corrected chi connectivity index (χ1v) is 12.2. The maximum atomic E-state index is 6.41. The third-order valence-electron chi connectivity index (χ3n) is 4.15. The van der Waals surface area contributed by atoms with Crippen molar-refractivity contribution in [2.24, 2.45) is 0 Å². The molecule has 1 N–H and O–H groups in total. The van der Waals surface area contributed by atoms with Gasteiger partial charge in [0.2, 0.25) is 0 Å². The topological polar surface area (TPSA) is 50.7 Å². The van der Waals surface area contributed by atoms with Crippen molar-refractivity contribution in [2.75, 3.05) is 5.32 Å². The number of thioether (sulfide) groups is 1. The highest BCUT2D eigenvalue weighted by Crippen LogP contribution is 2.41. The normalized spacial score (nSPS) is 12.0. The van der Waals surface area contributed by atoms with E-state index in [-0.39, 0.29) is 5.25 Å². The van der Waals surface area contributed by atoms with Crippen LogP contribution in [0.4, 0.5) is 10.9 Å². The molecule has 4 rings (SSSR count). The van der Waals surface area contributed by atoms with Gasteiger partial charge in [-0.2, -0.15) is 0 Å². The molecule has 3 heterocycles. The van der Waals surface area contributed by atoms with Crippen molar-refractivity contribution < 1.29 is 0 Å². The van der Waals surface area contributed by atoms with Crippen molar-refractivity contribution in [3.63, 3.8) is 0 Å². The molecule has 4 aromatic rings. The van der Waals surface area contributed by atoms with Crippen LogP contribution in [0.5, 0.6) is 0 Å². The third kappa shape index (κ3) is 5.35. The number of nitrogens with zero attached hydrogens (tertiary/aromatic N) is 3. The number of aryl methyl sites for hydroxylation is 1. The van der Waals surface area contributed by atoms with Crippen LogP contribution in [0.2, 0.25) is 5.02 Å². The molecule has 0 aliphatic rings. The standard InChI is InChI=1S/C22H19ClN4S3/c1-14-13-28-22(26-14)27-21-20(30-19-9-4-3-7-17(19)23)11-16(12-25-21)29-15(2)18-8-5-6-10-24-18/h3-13,15H,1-2H3,(H,25,26,27). The maximum Gasteiger partial charge on any atom is 0.188 e. The number of pyridine rings is 2. The number of anilines is 2. The lowest BCUT2D eigenvalue weighted by Crippen LogP contribution is -1.97. The van der Waals surface area contributed by atoms with Gasteiger partial charge in [-0.3, -0.25) is 4.98 Å². The zero-order chi connectivity index (χ0) is 20.9. The van der Waals surface area contributed by atoms with Crippen molar-refractivity contribution in [2.45, 2.75) is 33.8 Å². The van der Waals surface area contributed by atoms with Gasteiger partial charge in [-0.1, -0.05) is 41.6 Å². The first-order valence-electron chi connectivity index (χ1n) is 9.27. The molecule has 1 atom stereocenters. The van der Waals surface area contributed by atoms with Gasteiger partial charge in [0.1, 0.15) is 5.82 Å². The zero-order valence-electron chi connectivity index (χ0n) is 16.4. The molecule has 0 amide bonds. The summed E-state index contributed by atoms with van der Waals surface area (Å²) in [5.41, 5.74) is 2.03. The van der Waals surface area contributed by atoms with Crippen LogP contribution in [0.1, 0.15) is 23.6 Å². The Hall–Kier alpha value is -2.06. The highest BCUT2D eigenvalue weighted by Gasteiger charge is 2.14. The number of benzene rings is 1. The summed E-state index contributed by atoms with van der Waals surface area (Å²) in [6, 6.07) is 16.0. The van der Waals surface area contributed by atoms with E-state index in [1.54, 1.807) is 34.9 Å². The fraction of sp³-hybridized carbons (Fsp3) is 0.136. The second kappa shape index (κ2) is 9.83. The molecule has 8 heteroatoms. The Bertz CT molecular complexity index is 1130. The SMILES string of the molecule is Cc1csc(Nc2ncc(SC(C)c3ccccn3)cc2Sc2ccccc2Cl)n1. The van der Waals surface area contributed by atoms with Crippen LogP contribution in [0.25, 0.3) is 0 Å². The predicted molar refractivity (Wildman–Crippen MR) is 128 cm³/mol. The highest BCUT2D eigenvalue weighted by molar-refractivity contribution is 8.00. The number of halogens is 1. The number of rotatable bonds is 7.